The molecule has 0 heterocycles. The first-order valence-corrected chi connectivity index (χ1v) is 15.1. The van der Waals surface area contributed by atoms with Gasteiger partial charge < -0.3 is 9.04 Å². The normalized spacial score (nSPS) is 13.3. The second-order valence-corrected chi connectivity index (χ2v) is 11.5. The van der Waals surface area contributed by atoms with Gasteiger partial charge in [0, 0.05) is 5.33 Å². The van der Waals surface area contributed by atoms with Crippen LogP contribution in [-0.4, -0.2) is 49.5 Å². The molecule has 0 saturated heterocycles. The highest BCUT2D eigenvalue weighted by Crippen LogP contribution is 2.14. The van der Waals surface area contributed by atoms with E-state index >= 15 is 0 Å². The largest absolute Gasteiger partial charge is 0.744 e. The molecule has 0 aliphatic carbocycles. The zero-order valence-electron chi connectivity index (χ0n) is 21.1. The molecule has 0 radical (unpaired) electrons. The Balaban J connectivity index is 0.000000726. The minimum Gasteiger partial charge on any atom is -0.744 e. The number of nitrogens with zero attached hydrogens (tertiary/aromatic N) is 1. The number of alkyl halides is 1. The molecule has 0 spiro atoms. The van der Waals surface area contributed by atoms with Crippen LogP contribution in [0, 0.1) is 6.92 Å². The lowest BCUT2D eigenvalue weighted by molar-refractivity contribution is -0.910. The molecule has 0 aliphatic heterocycles. The molecule has 4 nitrogen and oxygen atoms in total. The van der Waals surface area contributed by atoms with E-state index < -0.39 is 10.1 Å². The maximum atomic E-state index is 10.4. The Morgan fingerprint density at radius 1 is 0.750 bits per heavy atom. The van der Waals surface area contributed by atoms with Gasteiger partial charge in [0.05, 0.1) is 31.6 Å². The maximum absolute atomic E-state index is 10.4. The van der Waals surface area contributed by atoms with Crippen LogP contribution in [0.15, 0.2) is 29.2 Å². The first kappa shape index (κ1) is 31.6. The summed E-state index contributed by atoms with van der Waals surface area (Å²) in [4.78, 5) is -0.178. The number of rotatable bonds is 17. The van der Waals surface area contributed by atoms with Crippen molar-refractivity contribution in [3.05, 3.63) is 29.8 Å². The van der Waals surface area contributed by atoms with Crippen LogP contribution in [0.1, 0.15) is 96.5 Å². The van der Waals surface area contributed by atoms with E-state index in [1.54, 1.807) is 12.1 Å². The third-order valence-corrected chi connectivity index (χ3v) is 7.40. The Hall–Kier alpha value is -0.430. The highest BCUT2D eigenvalue weighted by atomic mass is 79.9. The smallest absolute Gasteiger partial charge is 0.124 e. The van der Waals surface area contributed by atoms with Gasteiger partial charge in [0.2, 0.25) is 0 Å². The third kappa shape index (κ3) is 17.1. The summed E-state index contributed by atoms with van der Waals surface area (Å²) in [5.41, 5.74) is 0.928. The first-order valence-electron chi connectivity index (χ1n) is 12.6. The van der Waals surface area contributed by atoms with E-state index in [9.17, 15) is 13.0 Å². The molecule has 1 atom stereocenters. The Kier molecular flexibility index (Phi) is 18.7. The second kappa shape index (κ2) is 18.9. The molecule has 1 rings (SSSR count). The van der Waals surface area contributed by atoms with Crippen molar-refractivity contribution in [3.63, 3.8) is 0 Å². The number of quaternary nitrogens is 1. The highest BCUT2D eigenvalue weighted by molar-refractivity contribution is 9.09. The minimum atomic E-state index is -4.27. The van der Waals surface area contributed by atoms with Crippen LogP contribution in [0.25, 0.3) is 0 Å². The molecule has 188 valence electrons. The lowest BCUT2D eigenvalue weighted by Gasteiger charge is -2.35. The predicted molar refractivity (Wildman–Crippen MR) is 140 cm³/mol. The summed E-state index contributed by atoms with van der Waals surface area (Å²) in [6, 6.07) is 5.78. The zero-order chi connectivity index (χ0) is 24.3. The first-order chi connectivity index (χ1) is 15.2. The fraction of sp³-hybridized carbons (Fsp3) is 0.769. The zero-order valence-corrected chi connectivity index (χ0v) is 23.5. The van der Waals surface area contributed by atoms with E-state index in [0.29, 0.717) is 0 Å². The van der Waals surface area contributed by atoms with Gasteiger partial charge in [-0.2, -0.15) is 0 Å². The molecule has 1 unspecified atom stereocenters. The van der Waals surface area contributed by atoms with Crippen molar-refractivity contribution in [2.24, 2.45) is 0 Å². The summed E-state index contributed by atoms with van der Waals surface area (Å²) >= 11 is 3.57. The number of hydrogen-bond donors (Lipinski definition) is 0. The fourth-order valence-electron chi connectivity index (χ4n) is 3.82. The quantitative estimate of drug-likeness (QED) is 0.0903. The van der Waals surface area contributed by atoms with E-state index in [0.717, 1.165) is 5.56 Å². The Morgan fingerprint density at radius 3 is 1.59 bits per heavy atom. The van der Waals surface area contributed by atoms with Crippen LogP contribution in [-0.2, 0) is 10.1 Å². The van der Waals surface area contributed by atoms with Gasteiger partial charge in [-0.05, 0) is 57.6 Å². The lowest BCUT2D eigenvalue weighted by Crippen LogP contribution is -2.46. The van der Waals surface area contributed by atoms with Crippen molar-refractivity contribution in [2.45, 2.75) is 103 Å². The molecule has 1 aromatic carbocycles. The number of benzene rings is 1. The van der Waals surface area contributed by atoms with Crippen molar-refractivity contribution in [1.29, 1.82) is 0 Å². The monoisotopic (exact) mass is 533 g/mol. The van der Waals surface area contributed by atoms with E-state index in [-0.39, 0.29) is 4.90 Å². The number of hydrogen-bond acceptors (Lipinski definition) is 3. The topological polar surface area (TPSA) is 57.2 Å². The van der Waals surface area contributed by atoms with Crippen LogP contribution in [0.3, 0.4) is 0 Å². The summed E-state index contributed by atoms with van der Waals surface area (Å²) in [5, 5.41) is 1.17. The summed E-state index contributed by atoms with van der Waals surface area (Å²) in [7, 11) is -1.76. The molecular formula is C26H48BrNO3S. The van der Waals surface area contributed by atoms with Crippen molar-refractivity contribution < 1.29 is 17.5 Å². The highest BCUT2D eigenvalue weighted by Gasteiger charge is 2.19. The molecule has 0 N–H and O–H groups in total. The van der Waals surface area contributed by atoms with E-state index in [4.69, 9.17) is 0 Å². The van der Waals surface area contributed by atoms with Crippen molar-refractivity contribution >= 4 is 26.0 Å². The molecule has 6 heteroatoms. The molecule has 0 saturated carbocycles. The van der Waals surface area contributed by atoms with Gasteiger partial charge in [0.25, 0.3) is 0 Å². The number of aryl methyl sites for hydroxylation is 1. The van der Waals surface area contributed by atoms with Gasteiger partial charge in [-0.1, -0.05) is 86.0 Å². The summed E-state index contributed by atoms with van der Waals surface area (Å²) in [6.45, 7) is 10.6. The second-order valence-electron chi connectivity index (χ2n) is 9.28. The van der Waals surface area contributed by atoms with Crippen LogP contribution in [0.2, 0.25) is 0 Å². The molecule has 0 aromatic heterocycles. The van der Waals surface area contributed by atoms with Crippen molar-refractivity contribution in [3.8, 4) is 0 Å². The summed E-state index contributed by atoms with van der Waals surface area (Å²) in [5.74, 6) is 0. The Labute approximate surface area is 207 Å². The minimum absolute atomic E-state index is 0.178. The average Bonchev–Trinajstić information content (AvgIpc) is 2.74. The van der Waals surface area contributed by atoms with E-state index in [1.165, 1.54) is 119 Å². The van der Waals surface area contributed by atoms with Gasteiger partial charge in [-0.25, -0.2) is 8.42 Å². The Bertz CT molecular complexity index is 664. The van der Waals surface area contributed by atoms with E-state index in [1.807, 2.05) is 6.92 Å². The van der Waals surface area contributed by atoms with E-state index in [2.05, 4.69) is 36.8 Å². The molecule has 32 heavy (non-hydrogen) atoms. The molecule has 0 fully saturated rings. The summed E-state index contributed by atoms with van der Waals surface area (Å²) in [6.07, 6.45) is 16.9. The predicted octanol–water partition coefficient (Wildman–Crippen LogP) is 7.45. The van der Waals surface area contributed by atoms with Crippen LogP contribution >= 0.6 is 15.9 Å². The maximum Gasteiger partial charge on any atom is 0.124 e. The van der Waals surface area contributed by atoms with Crippen LogP contribution in [0.4, 0.5) is 0 Å². The van der Waals surface area contributed by atoms with Crippen LogP contribution < -0.4 is 0 Å². The van der Waals surface area contributed by atoms with Gasteiger partial charge in [0.15, 0.2) is 0 Å². The molecular weight excluding hydrogens is 486 g/mol. The molecule has 0 bridgehead atoms. The average molecular weight is 535 g/mol. The number of unbranched alkanes of at least 4 members (excludes halogenated alkanes) is 9. The third-order valence-electron chi connectivity index (χ3n) is 5.99. The van der Waals surface area contributed by atoms with Gasteiger partial charge in [-0.3, -0.25) is 0 Å². The van der Waals surface area contributed by atoms with Crippen molar-refractivity contribution in [2.75, 3.05) is 32.0 Å². The van der Waals surface area contributed by atoms with Gasteiger partial charge in [-0.15, -0.1) is 0 Å². The Morgan fingerprint density at radius 2 is 1.16 bits per heavy atom. The molecule has 1 aromatic rings. The van der Waals surface area contributed by atoms with Gasteiger partial charge >= 0.3 is 0 Å². The SMILES string of the molecule is CCCCCCCC[N+](C)(CCCCBr)CCCCCC.Cc1ccc(S(=O)(=O)[O-])cc1. The lowest BCUT2D eigenvalue weighted by atomic mass is 10.1. The number of halogens is 1. The van der Waals surface area contributed by atoms with Crippen LogP contribution in [0.5, 0.6) is 0 Å². The molecule has 0 aliphatic rings. The fourth-order valence-corrected chi connectivity index (χ4v) is 4.69. The van der Waals surface area contributed by atoms with Crippen molar-refractivity contribution in [1.82, 2.24) is 0 Å². The summed E-state index contributed by atoms with van der Waals surface area (Å²) < 4.78 is 32.5. The standard InChI is InChI=1S/C19H41BrN.C7H8O3S/c1-4-6-8-10-11-14-18-21(3,19-15-12-16-20)17-13-9-7-5-2;1-6-2-4-7(5-3-6)11(8,9)10/h4-19H2,1-3H3;2-5H,1H3,(H,8,9,10)/q+1;/p-1. The van der Waals surface area contributed by atoms with Gasteiger partial charge in [0.1, 0.15) is 10.1 Å². The molecule has 0 amide bonds.